The van der Waals surface area contributed by atoms with E-state index < -0.39 is 23.4 Å². The van der Waals surface area contributed by atoms with Gasteiger partial charge in [-0.1, -0.05) is 6.92 Å². The van der Waals surface area contributed by atoms with Gasteiger partial charge < -0.3 is 18.8 Å². The summed E-state index contributed by atoms with van der Waals surface area (Å²) in [5, 5.41) is 0.675. The molecule has 0 spiro atoms. The fourth-order valence-electron chi connectivity index (χ4n) is 4.54. The standard InChI is InChI=1S/C23H19FN2O6/c1-4-23(32-11(2)27)15-7-18-20-13(9-26(18)21(28)14(15)10-31-22(23)29)5-12-6-19(30-3)16(24)8-17(12)25-20/h5-8H,4,9-10H2,1-3H3/t23-/m0/s1. The minimum Gasteiger partial charge on any atom is -0.494 e. The number of nitrogens with zero attached hydrogens (tertiary/aromatic N) is 2. The minimum atomic E-state index is -1.70. The quantitative estimate of drug-likeness (QED) is 0.454. The third-order valence-electron chi connectivity index (χ3n) is 6.07. The Morgan fingerprint density at radius 1 is 1.28 bits per heavy atom. The molecule has 0 saturated carbocycles. The first-order valence-electron chi connectivity index (χ1n) is 10.1. The minimum absolute atomic E-state index is 0.102. The molecule has 0 bridgehead atoms. The Kier molecular flexibility index (Phi) is 4.34. The van der Waals surface area contributed by atoms with Crippen LogP contribution in [-0.4, -0.2) is 28.6 Å². The molecule has 1 aromatic carbocycles. The van der Waals surface area contributed by atoms with E-state index in [1.807, 2.05) is 6.07 Å². The van der Waals surface area contributed by atoms with Crippen LogP contribution in [-0.2, 0) is 37.8 Å². The van der Waals surface area contributed by atoms with Crippen LogP contribution in [0.3, 0.4) is 0 Å². The van der Waals surface area contributed by atoms with Crippen molar-refractivity contribution in [3.8, 4) is 17.1 Å². The maximum Gasteiger partial charge on any atom is 0.355 e. The number of ether oxygens (including phenoxy) is 3. The number of rotatable bonds is 3. The molecule has 164 valence electrons. The van der Waals surface area contributed by atoms with Gasteiger partial charge in [0, 0.05) is 29.5 Å². The molecule has 2 aliphatic heterocycles. The largest absolute Gasteiger partial charge is 0.494 e. The molecule has 0 aliphatic carbocycles. The lowest BCUT2D eigenvalue weighted by Gasteiger charge is -2.35. The van der Waals surface area contributed by atoms with Crippen molar-refractivity contribution in [2.45, 2.75) is 39.0 Å². The van der Waals surface area contributed by atoms with Crippen molar-refractivity contribution in [3.63, 3.8) is 0 Å². The fraction of sp³-hybridized carbons (Fsp3) is 0.304. The van der Waals surface area contributed by atoms with Crippen LogP contribution < -0.4 is 10.3 Å². The fourth-order valence-corrected chi connectivity index (χ4v) is 4.54. The first kappa shape index (κ1) is 20.2. The molecule has 0 radical (unpaired) electrons. The Balaban J connectivity index is 1.76. The second kappa shape index (κ2) is 6.88. The number of methoxy groups -OCH3 is 1. The number of hydrogen-bond acceptors (Lipinski definition) is 7. The summed E-state index contributed by atoms with van der Waals surface area (Å²) in [6.07, 6.45) is 0.102. The number of aromatic nitrogens is 2. The Labute approximate surface area is 181 Å². The molecule has 9 heteroatoms. The molecule has 0 unspecified atom stereocenters. The van der Waals surface area contributed by atoms with Crippen molar-refractivity contribution in [2.24, 2.45) is 0 Å². The SMILES string of the molecule is CC[C@@]1(OC(C)=O)C(=O)OCc2c1cc1n(c2=O)Cc2cc3cc(OC)c(F)cc3nc2-1. The Morgan fingerprint density at radius 2 is 2.06 bits per heavy atom. The van der Waals surface area contributed by atoms with Crippen molar-refractivity contribution < 1.29 is 28.2 Å². The number of cyclic esters (lactones) is 1. The van der Waals surface area contributed by atoms with E-state index >= 15 is 0 Å². The lowest BCUT2D eigenvalue weighted by molar-refractivity contribution is -0.188. The van der Waals surface area contributed by atoms with Crippen molar-refractivity contribution in [3.05, 3.63) is 57.1 Å². The van der Waals surface area contributed by atoms with E-state index in [-0.39, 0.29) is 36.4 Å². The monoisotopic (exact) mass is 438 g/mol. The Bertz CT molecular complexity index is 1400. The molecule has 4 heterocycles. The number of benzene rings is 1. The van der Waals surface area contributed by atoms with Crippen LogP contribution in [0, 0.1) is 5.82 Å². The summed E-state index contributed by atoms with van der Waals surface area (Å²) in [5.41, 5.74) is 0.679. The van der Waals surface area contributed by atoms with Gasteiger partial charge in [0.25, 0.3) is 5.56 Å². The van der Waals surface area contributed by atoms with Crippen LogP contribution in [0.15, 0.2) is 29.1 Å². The molecule has 2 aliphatic rings. The van der Waals surface area contributed by atoms with Gasteiger partial charge in [-0.3, -0.25) is 9.59 Å². The van der Waals surface area contributed by atoms with Crippen LogP contribution in [0.1, 0.15) is 37.0 Å². The maximum absolute atomic E-state index is 14.2. The normalized spacial score (nSPS) is 18.6. The van der Waals surface area contributed by atoms with E-state index in [2.05, 4.69) is 4.98 Å². The number of fused-ring (bicyclic) bond motifs is 5. The molecule has 0 fully saturated rings. The van der Waals surface area contributed by atoms with Gasteiger partial charge in [-0.15, -0.1) is 0 Å². The number of hydrogen-bond donors (Lipinski definition) is 0. The van der Waals surface area contributed by atoms with Crippen LogP contribution in [0.2, 0.25) is 0 Å². The van der Waals surface area contributed by atoms with E-state index in [1.54, 1.807) is 19.1 Å². The molecule has 8 nitrogen and oxygen atoms in total. The number of carbonyl (C=O) groups is 2. The van der Waals surface area contributed by atoms with Crippen LogP contribution in [0.4, 0.5) is 4.39 Å². The molecule has 3 aromatic rings. The molecule has 2 aromatic heterocycles. The summed E-state index contributed by atoms with van der Waals surface area (Å²) in [6, 6.07) is 6.34. The van der Waals surface area contributed by atoms with Crippen molar-refractivity contribution in [1.82, 2.24) is 9.55 Å². The first-order valence-corrected chi connectivity index (χ1v) is 10.1. The lowest BCUT2D eigenvalue weighted by Crippen LogP contribution is -2.47. The number of carbonyl (C=O) groups excluding carboxylic acids is 2. The van der Waals surface area contributed by atoms with Crippen LogP contribution in [0.25, 0.3) is 22.3 Å². The van der Waals surface area contributed by atoms with Gasteiger partial charge in [-0.2, -0.15) is 0 Å². The van der Waals surface area contributed by atoms with E-state index in [9.17, 15) is 18.8 Å². The number of halogens is 1. The molecular weight excluding hydrogens is 419 g/mol. The summed E-state index contributed by atoms with van der Waals surface area (Å²) >= 11 is 0. The molecular formula is C23H19FN2O6. The van der Waals surface area contributed by atoms with Crippen molar-refractivity contribution in [1.29, 1.82) is 0 Å². The van der Waals surface area contributed by atoms with E-state index in [4.69, 9.17) is 14.2 Å². The number of esters is 2. The third-order valence-corrected chi connectivity index (χ3v) is 6.07. The molecule has 0 saturated heterocycles. The van der Waals surface area contributed by atoms with Gasteiger partial charge in [0.15, 0.2) is 11.6 Å². The highest BCUT2D eigenvalue weighted by Gasteiger charge is 2.50. The van der Waals surface area contributed by atoms with Gasteiger partial charge in [0.05, 0.1) is 36.1 Å². The summed E-state index contributed by atoms with van der Waals surface area (Å²) in [4.78, 5) is 42.4. The first-order chi connectivity index (χ1) is 15.3. The lowest BCUT2D eigenvalue weighted by atomic mass is 9.85. The topological polar surface area (TPSA) is 96.7 Å². The van der Waals surface area contributed by atoms with Crippen LogP contribution >= 0.6 is 0 Å². The van der Waals surface area contributed by atoms with E-state index in [0.29, 0.717) is 27.9 Å². The summed E-state index contributed by atoms with van der Waals surface area (Å²) < 4.78 is 31.5. The average Bonchev–Trinajstić information content (AvgIpc) is 3.11. The van der Waals surface area contributed by atoms with Crippen molar-refractivity contribution >= 4 is 22.8 Å². The summed E-state index contributed by atoms with van der Waals surface area (Å²) in [7, 11) is 1.39. The van der Waals surface area contributed by atoms with E-state index in [0.717, 1.165) is 5.56 Å². The van der Waals surface area contributed by atoms with Gasteiger partial charge in [0.1, 0.15) is 6.61 Å². The molecule has 5 rings (SSSR count). The highest BCUT2D eigenvalue weighted by atomic mass is 19.1. The smallest absolute Gasteiger partial charge is 0.355 e. The van der Waals surface area contributed by atoms with E-state index in [1.165, 1.54) is 24.7 Å². The molecule has 32 heavy (non-hydrogen) atoms. The zero-order chi connectivity index (χ0) is 22.8. The average molecular weight is 438 g/mol. The van der Waals surface area contributed by atoms with Gasteiger partial charge in [0.2, 0.25) is 5.60 Å². The third kappa shape index (κ3) is 2.66. The molecule has 1 atom stereocenters. The van der Waals surface area contributed by atoms with Gasteiger partial charge >= 0.3 is 11.9 Å². The summed E-state index contributed by atoms with van der Waals surface area (Å²) in [5.74, 6) is -1.82. The maximum atomic E-state index is 14.2. The highest BCUT2D eigenvalue weighted by molar-refractivity contribution is 5.88. The van der Waals surface area contributed by atoms with Gasteiger partial charge in [-0.25, -0.2) is 14.2 Å². The molecule has 0 N–H and O–H groups in total. The number of pyridine rings is 2. The van der Waals surface area contributed by atoms with Gasteiger partial charge in [-0.05, 0) is 24.6 Å². The van der Waals surface area contributed by atoms with Crippen molar-refractivity contribution in [2.75, 3.05) is 7.11 Å². The van der Waals surface area contributed by atoms with Crippen LogP contribution in [0.5, 0.6) is 5.75 Å². The Morgan fingerprint density at radius 3 is 2.75 bits per heavy atom. The second-order valence-corrected chi connectivity index (χ2v) is 7.84. The zero-order valence-corrected chi connectivity index (χ0v) is 17.7. The predicted octanol–water partition coefficient (Wildman–Crippen LogP) is 2.80. The predicted molar refractivity (Wildman–Crippen MR) is 111 cm³/mol. The zero-order valence-electron chi connectivity index (χ0n) is 17.7. The Hall–Kier alpha value is -3.75. The highest BCUT2D eigenvalue weighted by Crippen LogP contribution is 2.41. The summed E-state index contributed by atoms with van der Waals surface area (Å²) in [6.45, 7) is 2.94. The molecule has 0 amide bonds. The second-order valence-electron chi connectivity index (χ2n) is 7.84.